The number of rotatable bonds is 1. The molecule has 76 valence electrons. The molecular weight excluding hydrogens is 263 g/mol. The highest BCUT2D eigenvalue weighted by Crippen LogP contribution is 2.36. The lowest BCUT2D eigenvalue weighted by molar-refractivity contribution is -0.136. The molecule has 0 saturated heterocycles. The first-order chi connectivity index (χ1) is 6.36. The monoisotopic (exact) mass is 267 g/mol. The Morgan fingerprint density at radius 3 is 2.36 bits per heavy atom. The number of carbonyl (C=O) groups excluding carboxylic acids is 1. The number of halogens is 4. The fourth-order valence-electron chi connectivity index (χ4n) is 0.971. The summed E-state index contributed by atoms with van der Waals surface area (Å²) in [7, 11) is 0. The third-order valence-corrected chi connectivity index (χ3v) is 2.07. The third-order valence-electron chi connectivity index (χ3n) is 1.61. The van der Waals surface area contributed by atoms with E-state index >= 15 is 0 Å². The molecule has 6 heteroatoms. The number of aldehydes is 1. The molecule has 0 spiro atoms. The second-order valence-corrected chi connectivity index (χ2v) is 3.49. The Labute approximate surface area is 86.0 Å². The van der Waals surface area contributed by atoms with Crippen molar-refractivity contribution in [3.05, 3.63) is 27.7 Å². The van der Waals surface area contributed by atoms with Crippen molar-refractivity contribution in [1.29, 1.82) is 0 Å². The third kappa shape index (κ3) is 2.06. The van der Waals surface area contributed by atoms with Gasteiger partial charge in [-0.2, -0.15) is 13.2 Å². The van der Waals surface area contributed by atoms with Gasteiger partial charge in [-0.3, -0.25) is 4.79 Å². The normalized spacial score (nSPS) is 11.4. The maximum absolute atomic E-state index is 12.3. The fourth-order valence-corrected chi connectivity index (χ4v) is 1.45. The van der Waals surface area contributed by atoms with Gasteiger partial charge in [-0.25, -0.2) is 0 Å². The average Bonchev–Trinajstić information content (AvgIpc) is 2.06. The van der Waals surface area contributed by atoms with Crippen LogP contribution < -0.4 is 5.73 Å². The number of alkyl halides is 3. The quantitative estimate of drug-likeness (QED) is 0.628. The Balaban J connectivity index is 3.44. The van der Waals surface area contributed by atoms with E-state index in [0.717, 1.165) is 6.07 Å². The highest BCUT2D eigenvalue weighted by atomic mass is 79.9. The summed E-state index contributed by atoms with van der Waals surface area (Å²) in [5, 5.41) is 0. The minimum Gasteiger partial charge on any atom is -0.398 e. The number of nitrogens with two attached hydrogens (primary N) is 1. The van der Waals surface area contributed by atoms with Crippen LogP contribution in [0.2, 0.25) is 0 Å². The standard InChI is InChI=1S/C8H5BrF3NO/c9-5-1-4(3-14)7(13)6(2-5)8(10,11)12/h1-3H,13H2. The first-order valence-corrected chi connectivity index (χ1v) is 4.27. The van der Waals surface area contributed by atoms with Crippen LogP contribution >= 0.6 is 15.9 Å². The Morgan fingerprint density at radius 1 is 1.36 bits per heavy atom. The van der Waals surface area contributed by atoms with E-state index in [9.17, 15) is 18.0 Å². The van der Waals surface area contributed by atoms with Crippen LogP contribution in [-0.2, 0) is 6.18 Å². The fraction of sp³-hybridized carbons (Fsp3) is 0.125. The Hall–Kier alpha value is -1.04. The second-order valence-electron chi connectivity index (χ2n) is 2.57. The number of carbonyl (C=O) groups is 1. The molecule has 0 aliphatic rings. The zero-order chi connectivity index (χ0) is 10.9. The van der Waals surface area contributed by atoms with Gasteiger partial charge in [-0.05, 0) is 12.1 Å². The van der Waals surface area contributed by atoms with E-state index in [1.807, 2.05) is 0 Å². The molecule has 2 N–H and O–H groups in total. The highest BCUT2D eigenvalue weighted by molar-refractivity contribution is 9.10. The van der Waals surface area contributed by atoms with Crippen LogP contribution in [0.25, 0.3) is 0 Å². The summed E-state index contributed by atoms with van der Waals surface area (Å²) < 4.78 is 37.2. The first-order valence-electron chi connectivity index (χ1n) is 3.47. The first kappa shape index (κ1) is 11.0. The molecule has 0 atom stereocenters. The van der Waals surface area contributed by atoms with Gasteiger partial charge in [0.2, 0.25) is 0 Å². The average molecular weight is 268 g/mol. The molecule has 0 bridgehead atoms. The topological polar surface area (TPSA) is 43.1 Å². The Morgan fingerprint density at radius 2 is 1.93 bits per heavy atom. The summed E-state index contributed by atoms with van der Waals surface area (Å²) in [4.78, 5) is 10.4. The minimum atomic E-state index is -4.55. The van der Waals surface area contributed by atoms with E-state index in [0.29, 0.717) is 0 Å². The van der Waals surface area contributed by atoms with E-state index in [-0.39, 0.29) is 16.3 Å². The molecule has 1 aromatic rings. The maximum Gasteiger partial charge on any atom is 0.418 e. The summed E-state index contributed by atoms with van der Waals surface area (Å²) >= 11 is 2.87. The summed E-state index contributed by atoms with van der Waals surface area (Å²) in [5.74, 6) is 0. The molecule has 14 heavy (non-hydrogen) atoms. The molecule has 1 aromatic carbocycles. The molecule has 0 fully saturated rings. The van der Waals surface area contributed by atoms with E-state index in [1.54, 1.807) is 0 Å². The van der Waals surface area contributed by atoms with Crippen molar-refractivity contribution in [3.63, 3.8) is 0 Å². The molecule has 0 aromatic heterocycles. The van der Waals surface area contributed by atoms with Gasteiger partial charge in [0.1, 0.15) is 0 Å². The predicted octanol–water partition coefficient (Wildman–Crippen LogP) is 2.86. The lowest BCUT2D eigenvalue weighted by Crippen LogP contribution is -2.10. The molecule has 1 rings (SSSR count). The van der Waals surface area contributed by atoms with E-state index < -0.39 is 17.4 Å². The smallest absolute Gasteiger partial charge is 0.398 e. The van der Waals surface area contributed by atoms with Crippen LogP contribution in [0.3, 0.4) is 0 Å². The number of anilines is 1. The molecular formula is C8H5BrF3NO. The molecule has 0 aliphatic heterocycles. The molecule has 0 unspecified atom stereocenters. The molecule has 0 saturated carbocycles. The van der Waals surface area contributed by atoms with Crippen LogP contribution in [-0.4, -0.2) is 6.29 Å². The van der Waals surface area contributed by atoms with Crippen molar-refractivity contribution < 1.29 is 18.0 Å². The maximum atomic E-state index is 12.3. The van der Waals surface area contributed by atoms with Gasteiger partial charge in [-0.1, -0.05) is 15.9 Å². The van der Waals surface area contributed by atoms with Crippen molar-refractivity contribution in [3.8, 4) is 0 Å². The van der Waals surface area contributed by atoms with Crippen molar-refractivity contribution in [2.45, 2.75) is 6.18 Å². The molecule has 0 heterocycles. The van der Waals surface area contributed by atoms with Crippen molar-refractivity contribution >= 4 is 27.9 Å². The molecule has 0 radical (unpaired) electrons. The van der Waals surface area contributed by atoms with Crippen LogP contribution in [0.5, 0.6) is 0 Å². The van der Waals surface area contributed by atoms with Crippen molar-refractivity contribution in [2.24, 2.45) is 0 Å². The number of benzene rings is 1. The summed E-state index contributed by atoms with van der Waals surface area (Å²) in [6.45, 7) is 0. The number of hydrogen-bond acceptors (Lipinski definition) is 2. The van der Waals surface area contributed by atoms with Gasteiger partial charge in [0.05, 0.1) is 11.3 Å². The summed E-state index contributed by atoms with van der Waals surface area (Å²) in [6.07, 6.45) is -4.26. The van der Waals surface area contributed by atoms with Crippen molar-refractivity contribution in [1.82, 2.24) is 0 Å². The number of nitrogen functional groups attached to an aromatic ring is 1. The molecule has 0 aliphatic carbocycles. The largest absolute Gasteiger partial charge is 0.418 e. The van der Waals surface area contributed by atoms with E-state index in [2.05, 4.69) is 15.9 Å². The molecule has 2 nitrogen and oxygen atoms in total. The SMILES string of the molecule is Nc1c(C=O)cc(Br)cc1C(F)(F)F. The summed E-state index contributed by atoms with van der Waals surface area (Å²) in [6, 6.07) is 2.07. The Kier molecular flexibility index (Phi) is 2.84. The van der Waals surface area contributed by atoms with Crippen LogP contribution in [0.1, 0.15) is 15.9 Å². The molecule has 0 amide bonds. The zero-order valence-corrected chi connectivity index (χ0v) is 8.32. The highest BCUT2D eigenvalue weighted by Gasteiger charge is 2.34. The van der Waals surface area contributed by atoms with Gasteiger partial charge in [0, 0.05) is 10.0 Å². The lowest BCUT2D eigenvalue weighted by Gasteiger charge is -2.11. The number of hydrogen-bond donors (Lipinski definition) is 1. The van der Waals surface area contributed by atoms with Crippen LogP contribution in [0.15, 0.2) is 16.6 Å². The van der Waals surface area contributed by atoms with Gasteiger partial charge < -0.3 is 5.73 Å². The van der Waals surface area contributed by atoms with Crippen LogP contribution in [0, 0.1) is 0 Å². The lowest BCUT2D eigenvalue weighted by atomic mass is 10.1. The van der Waals surface area contributed by atoms with Gasteiger partial charge in [0.25, 0.3) is 0 Å². The Bertz CT molecular complexity index is 376. The van der Waals surface area contributed by atoms with Crippen LogP contribution in [0.4, 0.5) is 18.9 Å². The van der Waals surface area contributed by atoms with Gasteiger partial charge >= 0.3 is 6.18 Å². The second kappa shape index (κ2) is 3.61. The van der Waals surface area contributed by atoms with Crippen molar-refractivity contribution in [2.75, 3.05) is 5.73 Å². The van der Waals surface area contributed by atoms with Gasteiger partial charge in [-0.15, -0.1) is 0 Å². The predicted molar refractivity (Wildman–Crippen MR) is 48.9 cm³/mol. The van der Waals surface area contributed by atoms with Gasteiger partial charge in [0.15, 0.2) is 6.29 Å². The van der Waals surface area contributed by atoms with E-state index in [1.165, 1.54) is 6.07 Å². The zero-order valence-electron chi connectivity index (χ0n) is 6.73. The van der Waals surface area contributed by atoms with E-state index in [4.69, 9.17) is 5.73 Å². The minimum absolute atomic E-state index is 0.168. The summed E-state index contributed by atoms with van der Waals surface area (Å²) in [5.41, 5.74) is 3.45.